The summed E-state index contributed by atoms with van der Waals surface area (Å²) in [5.41, 5.74) is 2.67. The Morgan fingerprint density at radius 2 is 1.89 bits per heavy atom. The normalized spacial score (nSPS) is 10.5. The van der Waals surface area contributed by atoms with Crippen LogP contribution in [0.2, 0.25) is 0 Å². The van der Waals surface area contributed by atoms with Gasteiger partial charge in [0.1, 0.15) is 5.75 Å². The Hall–Kier alpha value is -3.48. The van der Waals surface area contributed by atoms with Crippen LogP contribution in [0.1, 0.15) is 40.4 Å². The Bertz CT molecular complexity index is 977. The molecular weight excluding hydrogens is 344 g/mol. The lowest BCUT2D eigenvalue weighted by molar-refractivity contribution is 0.100. The van der Waals surface area contributed by atoms with Gasteiger partial charge in [0.25, 0.3) is 5.91 Å². The predicted octanol–water partition coefficient (Wildman–Crippen LogP) is 3.43. The third kappa shape index (κ3) is 4.03. The number of amides is 1. The maximum atomic E-state index is 12.6. The fourth-order valence-electron chi connectivity index (χ4n) is 2.64. The Kier molecular flexibility index (Phi) is 5.30. The van der Waals surface area contributed by atoms with Crippen LogP contribution in [0.25, 0.3) is 5.69 Å². The number of Topliss-reactive ketones (excluding diaryl/α,β-unsaturated/α-hetero) is 1. The zero-order valence-electron chi connectivity index (χ0n) is 15.4. The van der Waals surface area contributed by atoms with Crippen molar-refractivity contribution >= 4 is 17.4 Å². The molecule has 0 fully saturated rings. The topological polar surface area (TPSA) is 86.1 Å². The van der Waals surface area contributed by atoms with E-state index in [9.17, 15) is 9.59 Å². The van der Waals surface area contributed by atoms with E-state index in [-0.39, 0.29) is 17.4 Å². The Labute approximate surface area is 157 Å². The van der Waals surface area contributed by atoms with E-state index in [0.717, 1.165) is 11.4 Å². The summed E-state index contributed by atoms with van der Waals surface area (Å²) in [6, 6.07) is 14.2. The van der Waals surface area contributed by atoms with Gasteiger partial charge in [0.2, 0.25) is 0 Å². The average Bonchev–Trinajstić information content (AvgIpc) is 3.04. The first-order valence-electron chi connectivity index (χ1n) is 8.57. The number of anilines is 1. The fourth-order valence-corrected chi connectivity index (χ4v) is 2.64. The number of aromatic nitrogens is 3. The van der Waals surface area contributed by atoms with Gasteiger partial charge < -0.3 is 10.1 Å². The highest BCUT2D eigenvalue weighted by Gasteiger charge is 2.18. The molecule has 0 spiro atoms. The molecular formula is C20H20N4O3. The van der Waals surface area contributed by atoms with E-state index in [1.54, 1.807) is 35.9 Å². The van der Waals surface area contributed by atoms with Crippen molar-refractivity contribution in [3.05, 3.63) is 65.5 Å². The van der Waals surface area contributed by atoms with Gasteiger partial charge in [0.15, 0.2) is 11.5 Å². The second kappa shape index (κ2) is 7.82. The highest BCUT2D eigenvalue weighted by molar-refractivity contribution is 6.04. The van der Waals surface area contributed by atoms with Crippen molar-refractivity contribution in [1.82, 2.24) is 15.0 Å². The number of nitrogens with zero attached hydrogens (tertiary/aromatic N) is 3. The molecule has 0 aliphatic carbocycles. The number of hydrogen-bond donors (Lipinski definition) is 1. The van der Waals surface area contributed by atoms with Crippen molar-refractivity contribution in [2.24, 2.45) is 0 Å². The molecule has 0 aliphatic heterocycles. The molecule has 0 unspecified atom stereocenters. The molecule has 2 aromatic carbocycles. The van der Waals surface area contributed by atoms with Gasteiger partial charge in [-0.1, -0.05) is 17.3 Å². The number of ketones is 1. The molecule has 1 aromatic heterocycles. The molecule has 1 heterocycles. The molecule has 3 aromatic rings. The lowest BCUT2D eigenvalue weighted by atomic mass is 10.1. The first-order valence-corrected chi connectivity index (χ1v) is 8.57. The van der Waals surface area contributed by atoms with E-state index in [4.69, 9.17) is 4.74 Å². The molecule has 0 aliphatic rings. The minimum Gasteiger partial charge on any atom is -0.494 e. The third-order valence-electron chi connectivity index (χ3n) is 4.03. The molecule has 7 heteroatoms. The first-order chi connectivity index (χ1) is 13.0. The van der Waals surface area contributed by atoms with Gasteiger partial charge in [-0.05, 0) is 57.2 Å². The fraction of sp³-hybridized carbons (Fsp3) is 0.200. The molecule has 138 valence electrons. The minimum atomic E-state index is -0.384. The summed E-state index contributed by atoms with van der Waals surface area (Å²) in [4.78, 5) is 24.1. The number of nitrogens with one attached hydrogen (secondary N) is 1. The molecule has 1 amide bonds. The zero-order valence-corrected chi connectivity index (χ0v) is 15.4. The molecule has 0 radical (unpaired) electrons. The van der Waals surface area contributed by atoms with Crippen LogP contribution in [0.4, 0.5) is 5.69 Å². The van der Waals surface area contributed by atoms with Crippen LogP contribution < -0.4 is 10.1 Å². The highest BCUT2D eigenvalue weighted by atomic mass is 16.5. The van der Waals surface area contributed by atoms with Crippen molar-refractivity contribution in [3.63, 3.8) is 0 Å². The van der Waals surface area contributed by atoms with Gasteiger partial charge in [-0.25, -0.2) is 4.68 Å². The summed E-state index contributed by atoms with van der Waals surface area (Å²) in [5, 5.41) is 10.8. The van der Waals surface area contributed by atoms with Crippen LogP contribution in [0.15, 0.2) is 48.5 Å². The van der Waals surface area contributed by atoms with E-state index >= 15 is 0 Å². The van der Waals surface area contributed by atoms with Crippen molar-refractivity contribution in [1.29, 1.82) is 0 Å². The molecule has 0 saturated heterocycles. The number of hydrogen-bond acceptors (Lipinski definition) is 5. The predicted molar refractivity (Wildman–Crippen MR) is 102 cm³/mol. The van der Waals surface area contributed by atoms with E-state index in [2.05, 4.69) is 15.6 Å². The Morgan fingerprint density at radius 1 is 1.15 bits per heavy atom. The van der Waals surface area contributed by atoms with Gasteiger partial charge >= 0.3 is 0 Å². The monoisotopic (exact) mass is 364 g/mol. The first kappa shape index (κ1) is 18.3. The number of carbonyl (C=O) groups excluding carboxylic acids is 2. The number of ether oxygens (including phenoxy) is 1. The van der Waals surface area contributed by atoms with E-state index in [1.165, 1.54) is 6.92 Å². The molecule has 0 bridgehead atoms. The lowest BCUT2D eigenvalue weighted by Gasteiger charge is -2.07. The average molecular weight is 364 g/mol. The molecule has 27 heavy (non-hydrogen) atoms. The summed E-state index contributed by atoms with van der Waals surface area (Å²) in [6.07, 6.45) is 0. The third-order valence-corrected chi connectivity index (χ3v) is 4.03. The van der Waals surface area contributed by atoms with Gasteiger partial charge in [0.05, 0.1) is 18.0 Å². The smallest absolute Gasteiger partial charge is 0.278 e. The van der Waals surface area contributed by atoms with Crippen LogP contribution in [0, 0.1) is 6.92 Å². The van der Waals surface area contributed by atoms with E-state index in [0.29, 0.717) is 23.6 Å². The van der Waals surface area contributed by atoms with Crippen LogP contribution in [0.5, 0.6) is 5.75 Å². The summed E-state index contributed by atoms with van der Waals surface area (Å²) >= 11 is 0. The standard InChI is InChI=1S/C20H20N4O3/c1-4-27-18-10-8-17(9-11-18)24-13(2)19(22-23-24)20(26)21-16-7-5-6-15(12-16)14(3)25/h5-12H,4H2,1-3H3,(H,21,26). The molecule has 0 saturated carbocycles. The molecule has 3 rings (SSSR count). The quantitative estimate of drug-likeness (QED) is 0.677. The van der Waals surface area contributed by atoms with Crippen LogP contribution >= 0.6 is 0 Å². The minimum absolute atomic E-state index is 0.0660. The number of carbonyl (C=O) groups is 2. The van der Waals surface area contributed by atoms with E-state index in [1.807, 2.05) is 31.2 Å². The van der Waals surface area contributed by atoms with Crippen LogP contribution in [-0.2, 0) is 0 Å². The van der Waals surface area contributed by atoms with Crippen molar-refractivity contribution in [2.75, 3.05) is 11.9 Å². The lowest BCUT2D eigenvalue weighted by Crippen LogP contribution is -2.14. The summed E-state index contributed by atoms with van der Waals surface area (Å²) in [7, 11) is 0. The summed E-state index contributed by atoms with van der Waals surface area (Å²) in [5.74, 6) is 0.316. The second-order valence-electron chi connectivity index (χ2n) is 5.95. The van der Waals surface area contributed by atoms with Gasteiger partial charge in [-0.15, -0.1) is 5.10 Å². The maximum absolute atomic E-state index is 12.6. The largest absolute Gasteiger partial charge is 0.494 e. The number of benzene rings is 2. The van der Waals surface area contributed by atoms with Gasteiger partial charge in [-0.3, -0.25) is 9.59 Å². The Balaban J connectivity index is 1.81. The van der Waals surface area contributed by atoms with Crippen molar-refractivity contribution < 1.29 is 14.3 Å². The summed E-state index contributed by atoms with van der Waals surface area (Å²) < 4.78 is 7.02. The van der Waals surface area contributed by atoms with Crippen LogP contribution in [0.3, 0.4) is 0 Å². The molecule has 1 N–H and O–H groups in total. The number of rotatable bonds is 6. The Morgan fingerprint density at radius 3 is 2.56 bits per heavy atom. The SMILES string of the molecule is CCOc1ccc(-n2nnc(C(=O)Nc3cccc(C(C)=O)c3)c2C)cc1. The highest BCUT2D eigenvalue weighted by Crippen LogP contribution is 2.18. The molecule has 0 atom stereocenters. The van der Waals surface area contributed by atoms with Crippen molar-refractivity contribution in [2.45, 2.75) is 20.8 Å². The second-order valence-corrected chi connectivity index (χ2v) is 5.95. The molecule has 7 nitrogen and oxygen atoms in total. The van der Waals surface area contributed by atoms with Gasteiger partial charge in [0, 0.05) is 11.3 Å². The van der Waals surface area contributed by atoms with E-state index < -0.39 is 0 Å². The summed E-state index contributed by atoms with van der Waals surface area (Å²) in [6.45, 7) is 5.77. The van der Waals surface area contributed by atoms with Gasteiger partial charge in [-0.2, -0.15) is 0 Å². The maximum Gasteiger partial charge on any atom is 0.278 e. The van der Waals surface area contributed by atoms with Crippen molar-refractivity contribution in [3.8, 4) is 11.4 Å². The zero-order chi connectivity index (χ0) is 19.4. The van der Waals surface area contributed by atoms with Crippen LogP contribution in [-0.4, -0.2) is 33.3 Å².